The summed E-state index contributed by atoms with van der Waals surface area (Å²) >= 11 is 0. The molecule has 70 heavy (non-hydrogen) atoms. The minimum atomic E-state index is -3.30. The number of phenolic OH excluding ortho intramolecular Hbond substituents is 1. The van der Waals surface area contributed by atoms with Gasteiger partial charge in [-0.2, -0.15) is 8.78 Å². The number of halogens is 2. The summed E-state index contributed by atoms with van der Waals surface area (Å²) in [7, 11) is 3.32. The van der Waals surface area contributed by atoms with E-state index in [1.54, 1.807) is 58.3 Å². The number of aliphatic hydroxyl groups is 8. The molecule has 396 valence electrons. The molecule has 2 saturated carbocycles. The van der Waals surface area contributed by atoms with E-state index in [1.165, 1.54) is 12.1 Å². The topological polar surface area (TPSA) is 271 Å². The molecule has 2 aromatic rings. The second-order valence-corrected chi connectivity index (χ2v) is 20.5. The highest BCUT2D eigenvalue weighted by molar-refractivity contribution is 5.29. The van der Waals surface area contributed by atoms with Crippen molar-refractivity contribution in [2.75, 3.05) is 14.1 Å². The zero-order valence-corrected chi connectivity index (χ0v) is 41.1. The first-order chi connectivity index (χ1) is 32.9. The molecular formula is C50H76F2N2O16. The van der Waals surface area contributed by atoms with Crippen LogP contribution in [0.15, 0.2) is 48.5 Å². The Morgan fingerprint density at radius 1 is 0.643 bits per heavy atom. The van der Waals surface area contributed by atoms with Gasteiger partial charge in [0.25, 0.3) is 0 Å². The molecule has 4 saturated heterocycles. The summed E-state index contributed by atoms with van der Waals surface area (Å²) in [4.78, 5) is 0. The number of alkyl halides is 2. The summed E-state index contributed by atoms with van der Waals surface area (Å²) in [6.45, 7) is 7.95. The van der Waals surface area contributed by atoms with Crippen LogP contribution in [0.2, 0.25) is 0 Å². The lowest BCUT2D eigenvalue weighted by Gasteiger charge is -2.60. The number of ether oxygens (including phenoxy) is 7. The molecule has 20 heteroatoms. The van der Waals surface area contributed by atoms with E-state index in [0.29, 0.717) is 45.4 Å². The minimum absolute atomic E-state index is 0.0371. The molecule has 0 radical (unpaired) electrons. The number of likely N-dealkylation sites (N-methyl/N-ethyl adjacent to an activating group) is 2. The molecule has 18 nitrogen and oxygen atoms in total. The number of aromatic hydroxyl groups is 1. The van der Waals surface area contributed by atoms with Gasteiger partial charge < -0.3 is 89.8 Å². The van der Waals surface area contributed by atoms with Crippen molar-refractivity contribution in [3.63, 3.8) is 0 Å². The molecule has 2 aromatic carbocycles. The quantitative estimate of drug-likeness (QED) is 0.129. The van der Waals surface area contributed by atoms with Crippen LogP contribution in [0.3, 0.4) is 0 Å². The average molecular weight is 999 g/mol. The van der Waals surface area contributed by atoms with Crippen molar-refractivity contribution in [2.45, 2.75) is 213 Å². The van der Waals surface area contributed by atoms with Gasteiger partial charge in [0.2, 0.25) is 24.2 Å². The molecule has 8 rings (SSSR count). The van der Waals surface area contributed by atoms with Crippen LogP contribution in [0, 0.1) is 11.8 Å². The number of hydrogen-bond donors (Lipinski definition) is 11. The van der Waals surface area contributed by atoms with Crippen molar-refractivity contribution in [1.29, 1.82) is 0 Å². The van der Waals surface area contributed by atoms with Crippen molar-refractivity contribution in [1.82, 2.24) is 10.6 Å². The highest BCUT2D eigenvalue weighted by Crippen LogP contribution is 2.51. The predicted octanol–water partition coefficient (Wildman–Crippen LogP) is 2.09. The molecule has 4 aliphatic heterocycles. The number of aryl methyl sites for hydroxylation is 2. The van der Waals surface area contributed by atoms with E-state index in [1.807, 2.05) is 19.9 Å². The Morgan fingerprint density at radius 2 is 1.07 bits per heavy atom. The van der Waals surface area contributed by atoms with E-state index in [-0.39, 0.29) is 37.2 Å². The first-order valence-electron chi connectivity index (χ1n) is 24.8. The third-order valence-corrected chi connectivity index (χ3v) is 15.5. The van der Waals surface area contributed by atoms with Crippen molar-refractivity contribution in [3.8, 4) is 11.5 Å². The van der Waals surface area contributed by atoms with Gasteiger partial charge in [0.05, 0.1) is 48.7 Å². The van der Waals surface area contributed by atoms with Crippen LogP contribution < -0.4 is 15.4 Å². The van der Waals surface area contributed by atoms with Gasteiger partial charge in [0.1, 0.15) is 47.1 Å². The Morgan fingerprint density at radius 3 is 1.47 bits per heavy atom. The standard InChI is InChI=1S/C26H39F2NO8.C24H37NO8/c1-5-17-19(30)18(29-4)21-22(20(17)31)35-23-26(33,37-21)25(32,13-14(2)34-23)11-7-9-15-8-6-10-16(12-15)36-24(3,27)28;1-4-16-18(27)17(25-3)20-21(19(16)28)32-22-24(30,33-20)23(29,12-13(2)31-22)10-6-8-14-7-5-9-15(26)11-14/h6,8,10,12,14,17-23,29-33H,5,7,9,11,13H2,1-4H3;5,7,9,11,13,16-22,25-30H,4,6,8,10,12H2,1-3H3/t14-,17-,18+,19+,20+,21-,22-,23+,25+,26-;13-,16-,17+,18+,19+,20?,21?,22?,23+,24-/m11/s1. The Bertz CT molecular complexity index is 2040. The van der Waals surface area contributed by atoms with E-state index < -0.39 is 126 Å². The summed E-state index contributed by atoms with van der Waals surface area (Å²) in [5.41, 5.74) is -1.80. The number of benzene rings is 2. The normalized spacial score (nSPS) is 43.6. The molecule has 11 N–H and O–H groups in total. The van der Waals surface area contributed by atoms with Crippen LogP contribution in [0.5, 0.6) is 11.5 Å². The number of hydrogen-bond acceptors (Lipinski definition) is 18. The molecule has 0 spiro atoms. The molecule has 0 bridgehead atoms. The van der Waals surface area contributed by atoms with Crippen LogP contribution in [-0.4, -0.2) is 175 Å². The number of aliphatic hydroxyl groups excluding tert-OH is 4. The molecule has 2 aliphatic carbocycles. The van der Waals surface area contributed by atoms with Crippen molar-refractivity contribution >= 4 is 0 Å². The molecule has 0 amide bonds. The van der Waals surface area contributed by atoms with Gasteiger partial charge in [0.15, 0.2) is 0 Å². The van der Waals surface area contributed by atoms with E-state index >= 15 is 0 Å². The fourth-order valence-corrected chi connectivity index (χ4v) is 11.9. The second-order valence-electron chi connectivity index (χ2n) is 20.5. The first kappa shape index (κ1) is 55.0. The fourth-order valence-electron chi connectivity index (χ4n) is 11.9. The Kier molecular flexibility index (Phi) is 17.0. The number of phenols is 1. The molecular weight excluding hydrogens is 923 g/mol. The summed E-state index contributed by atoms with van der Waals surface area (Å²) in [6, 6.07) is 12.0. The van der Waals surface area contributed by atoms with Gasteiger partial charge in [-0.3, -0.25) is 0 Å². The molecule has 4 heterocycles. The summed E-state index contributed by atoms with van der Waals surface area (Å²) in [5, 5.41) is 106. The van der Waals surface area contributed by atoms with Gasteiger partial charge >= 0.3 is 6.11 Å². The predicted molar refractivity (Wildman–Crippen MR) is 246 cm³/mol. The highest BCUT2D eigenvalue weighted by Gasteiger charge is 2.70. The lowest BCUT2D eigenvalue weighted by atomic mass is 9.73. The Hall–Kier alpha value is -2.74. The van der Waals surface area contributed by atoms with E-state index in [2.05, 4.69) is 15.4 Å². The van der Waals surface area contributed by atoms with E-state index in [4.69, 9.17) is 28.4 Å². The van der Waals surface area contributed by atoms with Crippen molar-refractivity contribution in [2.24, 2.45) is 11.8 Å². The minimum Gasteiger partial charge on any atom is -0.508 e. The molecule has 6 fully saturated rings. The highest BCUT2D eigenvalue weighted by atomic mass is 19.3. The zero-order chi connectivity index (χ0) is 51.1. The smallest absolute Gasteiger partial charge is 0.394 e. The lowest BCUT2D eigenvalue weighted by Crippen LogP contribution is -2.78. The summed E-state index contributed by atoms with van der Waals surface area (Å²) in [6.07, 6.45) is -10.9. The van der Waals surface area contributed by atoms with Gasteiger partial charge in [-0.15, -0.1) is 0 Å². The van der Waals surface area contributed by atoms with Crippen LogP contribution in [0.25, 0.3) is 0 Å². The van der Waals surface area contributed by atoms with Crippen LogP contribution in [0.4, 0.5) is 8.78 Å². The SMILES string of the molecule is CC[C@@H]1[C@H](O)[C@H](NC)C2O[C@]3(O)C(OC2[C@H]1O)O[C@H](C)C[C@@]3(O)CCCc1cccc(O)c1.CC[C@@H]1[C@H](O)[C@H](NC)[C@H]2O[C@]3(O)[C@H](O[C@@H]2[C@H]1O)O[C@H](C)C[C@@]3(O)CCCc1cccc(OC(C)(F)F)c1. The number of nitrogens with one attached hydrogen (secondary N) is 2. The number of rotatable bonds is 14. The van der Waals surface area contributed by atoms with Gasteiger partial charge in [0, 0.05) is 31.6 Å². The van der Waals surface area contributed by atoms with Gasteiger partial charge in [-0.1, -0.05) is 38.1 Å². The van der Waals surface area contributed by atoms with E-state index in [0.717, 1.165) is 11.1 Å². The molecule has 20 atom stereocenters. The largest absolute Gasteiger partial charge is 0.508 e. The summed E-state index contributed by atoms with van der Waals surface area (Å²) < 4.78 is 67.2. The molecule has 3 unspecified atom stereocenters. The third kappa shape index (κ3) is 10.8. The maximum Gasteiger partial charge on any atom is 0.394 e. The summed E-state index contributed by atoms with van der Waals surface area (Å²) in [5.74, 6) is -5.12. The second kappa shape index (κ2) is 21.6. The molecule has 6 aliphatic rings. The lowest BCUT2D eigenvalue weighted by molar-refractivity contribution is -0.485. The Balaban J connectivity index is 0.000000208. The van der Waals surface area contributed by atoms with Crippen LogP contribution in [0.1, 0.15) is 97.1 Å². The van der Waals surface area contributed by atoms with Crippen LogP contribution in [-0.2, 0) is 41.3 Å². The van der Waals surface area contributed by atoms with Gasteiger partial charge in [-0.25, -0.2) is 0 Å². The maximum absolute atomic E-state index is 13.2. The molecule has 0 aromatic heterocycles. The Labute approximate surface area is 408 Å². The zero-order valence-electron chi connectivity index (χ0n) is 41.1. The van der Waals surface area contributed by atoms with Crippen molar-refractivity contribution in [3.05, 3.63) is 59.7 Å². The maximum atomic E-state index is 13.2. The van der Waals surface area contributed by atoms with Gasteiger partial charge in [-0.05, 0) is 115 Å². The van der Waals surface area contributed by atoms with E-state index in [9.17, 15) is 54.7 Å². The van der Waals surface area contributed by atoms with Crippen LogP contribution >= 0.6 is 0 Å². The number of fused-ring (bicyclic) bond motifs is 4. The van der Waals surface area contributed by atoms with Crippen molar-refractivity contribution < 1.29 is 87.9 Å². The average Bonchev–Trinajstić information content (AvgIpc) is 3.27. The third-order valence-electron chi connectivity index (χ3n) is 15.5. The first-order valence-corrected chi connectivity index (χ1v) is 24.8. The fraction of sp³-hybridized carbons (Fsp3) is 0.760. The monoisotopic (exact) mass is 999 g/mol.